The lowest BCUT2D eigenvalue weighted by Gasteiger charge is -2.20. The summed E-state index contributed by atoms with van der Waals surface area (Å²) in [6.07, 6.45) is 2.96. The minimum Gasteiger partial charge on any atom is -0.399 e. The largest absolute Gasteiger partial charge is 0.399 e. The molecule has 20 heavy (non-hydrogen) atoms. The molecule has 0 amide bonds. The van der Waals surface area contributed by atoms with E-state index in [9.17, 15) is 0 Å². The van der Waals surface area contributed by atoms with E-state index in [4.69, 9.17) is 15.8 Å². The maximum absolute atomic E-state index is 8.88. The fourth-order valence-electron chi connectivity index (χ4n) is 2.50. The average molecular weight is 275 g/mol. The second-order valence-corrected chi connectivity index (χ2v) is 6.37. The molecule has 1 aromatic heterocycles. The molecule has 0 aliphatic carbocycles. The first kappa shape index (κ1) is 14.9. The lowest BCUT2D eigenvalue weighted by Crippen LogP contribution is -2.19. The van der Waals surface area contributed by atoms with E-state index in [1.807, 2.05) is 12.1 Å². The molecule has 0 saturated carbocycles. The van der Waals surface area contributed by atoms with Crippen LogP contribution in [0.2, 0.25) is 0 Å². The van der Waals surface area contributed by atoms with Crippen LogP contribution in [0.25, 0.3) is 11.0 Å². The number of aliphatic hydroxyl groups is 1. The molecule has 0 fully saturated rings. The Bertz CT molecular complexity index is 581. The van der Waals surface area contributed by atoms with Crippen molar-refractivity contribution in [2.24, 2.45) is 0 Å². The summed E-state index contributed by atoms with van der Waals surface area (Å²) >= 11 is 0. The monoisotopic (exact) mass is 275 g/mol. The highest BCUT2D eigenvalue weighted by Crippen LogP contribution is 2.27. The van der Waals surface area contributed by atoms with E-state index in [1.54, 1.807) is 0 Å². The second kappa shape index (κ2) is 5.83. The van der Waals surface area contributed by atoms with Gasteiger partial charge >= 0.3 is 0 Å². The van der Waals surface area contributed by atoms with Gasteiger partial charge in [-0.15, -0.1) is 0 Å². The van der Waals surface area contributed by atoms with Gasteiger partial charge in [-0.1, -0.05) is 20.8 Å². The standard InChI is InChI=1S/C16H25N3O/c1-16(2,3)15-18-13-11-12(17)7-8-14(13)19(15)9-5-4-6-10-20/h7-8,11,20H,4-6,9-10,17H2,1-3H3. The number of hydrogen-bond donors (Lipinski definition) is 2. The Morgan fingerprint density at radius 1 is 1.20 bits per heavy atom. The van der Waals surface area contributed by atoms with Gasteiger partial charge < -0.3 is 15.4 Å². The van der Waals surface area contributed by atoms with Crippen molar-refractivity contribution in [2.75, 3.05) is 12.3 Å². The van der Waals surface area contributed by atoms with E-state index in [0.717, 1.165) is 48.4 Å². The number of hydrogen-bond acceptors (Lipinski definition) is 3. The predicted octanol–water partition coefficient (Wildman–Crippen LogP) is 3.08. The Balaban J connectivity index is 2.37. The van der Waals surface area contributed by atoms with E-state index in [2.05, 4.69) is 31.4 Å². The molecule has 2 rings (SSSR count). The van der Waals surface area contributed by atoms with E-state index < -0.39 is 0 Å². The van der Waals surface area contributed by atoms with Crippen LogP contribution in [0.1, 0.15) is 45.9 Å². The number of aliphatic hydroxyl groups excluding tert-OH is 1. The van der Waals surface area contributed by atoms with Crippen LogP contribution in [-0.4, -0.2) is 21.3 Å². The molecule has 0 unspecified atom stereocenters. The number of rotatable bonds is 5. The maximum Gasteiger partial charge on any atom is 0.115 e. The van der Waals surface area contributed by atoms with Gasteiger partial charge in [0.05, 0.1) is 11.0 Å². The van der Waals surface area contributed by atoms with Crippen LogP contribution in [0.15, 0.2) is 18.2 Å². The summed E-state index contributed by atoms with van der Waals surface area (Å²) in [6, 6.07) is 5.93. The van der Waals surface area contributed by atoms with Crippen LogP contribution in [-0.2, 0) is 12.0 Å². The zero-order valence-electron chi connectivity index (χ0n) is 12.7. The Labute approximate surface area is 120 Å². The Morgan fingerprint density at radius 2 is 1.95 bits per heavy atom. The van der Waals surface area contributed by atoms with Gasteiger partial charge in [0.25, 0.3) is 0 Å². The molecule has 0 radical (unpaired) electrons. The number of unbranched alkanes of at least 4 members (excludes halogenated alkanes) is 2. The van der Waals surface area contributed by atoms with Gasteiger partial charge in [0.1, 0.15) is 5.82 Å². The third-order valence-electron chi connectivity index (χ3n) is 3.48. The normalized spacial score (nSPS) is 12.2. The molecule has 1 heterocycles. The molecule has 2 aromatic rings. The third kappa shape index (κ3) is 3.12. The Kier molecular flexibility index (Phi) is 4.33. The second-order valence-electron chi connectivity index (χ2n) is 6.37. The van der Waals surface area contributed by atoms with Crippen LogP contribution in [0.5, 0.6) is 0 Å². The number of aromatic nitrogens is 2. The summed E-state index contributed by atoms with van der Waals surface area (Å²) in [7, 11) is 0. The van der Waals surface area contributed by atoms with Gasteiger partial charge in [-0.3, -0.25) is 0 Å². The predicted molar refractivity (Wildman–Crippen MR) is 83.8 cm³/mol. The maximum atomic E-state index is 8.88. The third-order valence-corrected chi connectivity index (χ3v) is 3.48. The Morgan fingerprint density at radius 3 is 2.60 bits per heavy atom. The lowest BCUT2D eigenvalue weighted by molar-refractivity contribution is 0.281. The van der Waals surface area contributed by atoms with Crippen LogP contribution in [0.3, 0.4) is 0 Å². The molecule has 0 aliphatic rings. The number of fused-ring (bicyclic) bond motifs is 1. The summed E-state index contributed by atoms with van der Waals surface area (Å²) in [6.45, 7) is 7.76. The van der Waals surface area contributed by atoms with Crippen molar-refractivity contribution in [2.45, 2.75) is 52.0 Å². The SMILES string of the molecule is CC(C)(C)c1nc2cc(N)ccc2n1CCCCCO. The molecule has 0 spiro atoms. The zero-order chi connectivity index (χ0) is 14.8. The van der Waals surface area contributed by atoms with Gasteiger partial charge in [-0.25, -0.2) is 4.98 Å². The molecule has 3 N–H and O–H groups in total. The van der Waals surface area contributed by atoms with Crippen LogP contribution < -0.4 is 5.73 Å². The smallest absolute Gasteiger partial charge is 0.115 e. The van der Waals surface area contributed by atoms with Gasteiger partial charge in [0.2, 0.25) is 0 Å². The highest BCUT2D eigenvalue weighted by atomic mass is 16.2. The molecule has 0 saturated heterocycles. The lowest BCUT2D eigenvalue weighted by atomic mass is 9.95. The number of aryl methyl sites for hydroxylation is 1. The van der Waals surface area contributed by atoms with Crippen LogP contribution in [0.4, 0.5) is 5.69 Å². The topological polar surface area (TPSA) is 64.1 Å². The van der Waals surface area contributed by atoms with Gasteiger partial charge in [0, 0.05) is 24.3 Å². The Hall–Kier alpha value is -1.55. The number of nitrogens with two attached hydrogens (primary N) is 1. The van der Waals surface area contributed by atoms with Crippen molar-refractivity contribution >= 4 is 16.7 Å². The molecule has 4 heteroatoms. The quantitative estimate of drug-likeness (QED) is 0.651. The fourth-order valence-corrected chi connectivity index (χ4v) is 2.50. The molecule has 4 nitrogen and oxygen atoms in total. The highest BCUT2D eigenvalue weighted by Gasteiger charge is 2.22. The van der Waals surface area contributed by atoms with Crippen molar-refractivity contribution in [3.63, 3.8) is 0 Å². The summed E-state index contributed by atoms with van der Waals surface area (Å²) in [4.78, 5) is 4.78. The van der Waals surface area contributed by atoms with Gasteiger partial charge in [-0.05, 0) is 37.5 Å². The summed E-state index contributed by atoms with van der Waals surface area (Å²) in [5.74, 6) is 1.10. The minimum atomic E-state index is 0.00472. The molecule has 0 atom stereocenters. The molecular weight excluding hydrogens is 250 g/mol. The van der Waals surface area contributed by atoms with Gasteiger partial charge in [-0.2, -0.15) is 0 Å². The van der Waals surface area contributed by atoms with Crippen LogP contribution in [0, 0.1) is 0 Å². The number of nitrogen functional groups attached to an aromatic ring is 1. The first-order valence-electron chi connectivity index (χ1n) is 7.30. The first-order chi connectivity index (χ1) is 9.43. The number of nitrogens with zero attached hydrogens (tertiary/aromatic N) is 2. The number of benzene rings is 1. The molecule has 0 aliphatic heterocycles. The fraction of sp³-hybridized carbons (Fsp3) is 0.562. The first-order valence-corrected chi connectivity index (χ1v) is 7.30. The number of imidazole rings is 1. The van der Waals surface area contributed by atoms with Crippen molar-refractivity contribution in [1.82, 2.24) is 9.55 Å². The summed E-state index contributed by atoms with van der Waals surface area (Å²) < 4.78 is 2.30. The molecular formula is C16H25N3O. The van der Waals surface area contributed by atoms with Crippen molar-refractivity contribution in [3.05, 3.63) is 24.0 Å². The van der Waals surface area contributed by atoms with Gasteiger partial charge in [0.15, 0.2) is 0 Å². The van der Waals surface area contributed by atoms with E-state index in [1.165, 1.54) is 0 Å². The summed E-state index contributed by atoms with van der Waals surface area (Å²) in [5.41, 5.74) is 8.73. The minimum absolute atomic E-state index is 0.00472. The van der Waals surface area contributed by atoms with Crippen molar-refractivity contribution in [1.29, 1.82) is 0 Å². The van der Waals surface area contributed by atoms with Crippen LogP contribution >= 0.6 is 0 Å². The highest BCUT2D eigenvalue weighted by molar-refractivity contribution is 5.79. The van der Waals surface area contributed by atoms with Crippen molar-refractivity contribution in [3.8, 4) is 0 Å². The molecule has 0 bridgehead atoms. The number of anilines is 1. The molecule has 1 aromatic carbocycles. The summed E-state index contributed by atoms with van der Waals surface area (Å²) in [5, 5.41) is 8.88. The molecule has 110 valence electrons. The average Bonchev–Trinajstić information content (AvgIpc) is 2.72. The van der Waals surface area contributed by atoms with E-state index in [-0.39, 0.29) is 12.0 Å². The zero-order valence-corrected chi connectivity index (χ0v) is 12.7. The van der Waals surface area contributed by atoms with Crippen molar-refractivity contribution < 1.29 is 5.11 Å². The van der Waals surface area contributed by atoms with E-state index in [0.29, 0.717) is 0 Å². The van der Waals surface area contributed by atoms with E-state index >= 15 is 0 Å².